The van der Waals surface area contributed by atoms with E-state index in [-0.39, 0.29) is 24.9 Å². The highest BCUT2D eigenvalue weighted by Crippen LogP contribution is 2.44. The number of amides is 1. The number of hydrogen-bond acceptors (Lipinski definition) is 3. The van der Waals surface area contributed by atoms with Crippen LogP contribution in [0.25, 0.3) is 11.1 Å². The van der Waals surface area contributed by atoms with Crippen LogP contribution in [0, 0.1) is 5.92 Å². The Morgan fingerprint density at radius 1 is 1.04 bits per heavy atom. The van der Waals surface area contributed by atoms with Gasteiger partial charge in [0.15, 0.2) is 0 Å². The Morgan fingerprint density at radius 3 is 2.04 bits per heavy atom. The second-order valence-electron chi connectivity index (χ2n) is 7.32. The topological polar surface area (TPSA) is 66.8 Å². The van der Waals surface area contributed by atoms with Crippen LogP contribution in [0.15, 0.2) is 48.5 Å². The summed E-state index contributed by atoms with van der Waals surface area (Å²) < 4.78 is 5.61. The zero-order valence-corrected chi connectivity index (χ0v) is 15.9. The Balaban J connectivity index is 1.74. The summed E-state index contributed by atoms with van der Waals surface area (Å²) >= 11 is 0. The fourth-order valence-electron chi connectivity index (χ4n) is 3.83. The molecule has 0 aromatic heterocycles. The van der Waals surface area contributed by atoms with E-state index < -0.39 is 18.1 Å². The van der Waals surface area contributed by atoms with E-state index in [1.807, 2.05) is 38.1 Å². The molecule has 1 N–H and O–H groups in total. The number of fused-ring (bicyclic) bond motifs is 3. The predicted molar refractivity (Wildman–Crippen MR) is 104 cm³/mol. The fraction of sp³-hybridized carbons (Fsp3) is 0.364. The molecule has 2 aromatic rings. The number of carboxylic acids is 1. The third kappa shape index (κ3) is 3.82. The average Bonchev–Trinajstić information content (AvgIpc) is 2.97. The van der Waals surface area contributed by atoms with Crippen molar-refractivity contribution in [3.05, 3.63) is 59.7 Å². The molecular formula is C22H25NO4. The Labute approximate surface area is 159 Å². The molecule has 3 rings (SSSR count). The second kappa shape index (κ2) is 7.82. The number of carboxylic acid groups (broad SMARTS) is 1. The minimum Gasteiger partial charge on any atom is -0.481 e. The lowest BCUT2D eigenvalue weighted by Gasteiger charge is -2.29. The lowest BCUT2D eigenvalue weighted by Crippen LogP contribution is -2.42. The molecule has 1 aliphatic rings. The van der Waals surface area contributed by atoms with Gasteiger partial charge in [-0.2, -0.15) is 0 Å². The molecule has 142 valence electrons. The van der Waals surface area contributed by atoms with Crippen molar-refractivity contribution in [2.45, 2.75) is 32.2 Å². The molecule has 0 aliphatic heterocycles. The molecule has 0 spiro atoms. The van der Waals surface area contributed by atoms with Crippen LogP contribution in [-0.2, 0) is 9.53 Å². The largest absolute Gasteiger partial charge is 0.481 e. The normalized spacial score (nSPS) is 13.8. The van der Waals surface area contributed by atoms with Crippen LogP contribution < -0.4 is 0 Å². The van der Waals surface area contributed by atoms with Gasteiger partial charge in [0.05, 0.1) is 6.42 Å². The summed E-state index contributed by atoms with van der Waals surface area (Å²) in [6.45, 7) is 4.04. The summed E-state index contributed by atoms with van der Waals surface area (Å²) in [5, 5.41) is 9.11. The summed E-state index contributed by atoms with van der Waals surface area (Å²) in [6.07, 6.45) is -0.588. The predicted octanol–water partition coefficient (Wildman–Crippen LogP) is 4.37. The Kier molecular flexibility index (Phi) is 5.49. The molecular weight excluding hydrogens is 342 g/mol. The molecule has 1 aliphatic carbocycles. The van der Waals surface area contributed by atoms with Gasteiger partial charge < -0.3 is 14.7 Å². The van der Waals surface area contributed by atoms with Crippen LogP contribution in [0.4, 0.5) is 4.79 Å². The molecule has 0 saturated carbocycles. The van der Waals surface area contributed by atoms with Crippen molar-refractivity contribution >= 4 is 12.1 Å². The van der Waals surface area contributed by atoms with Gasteiger partial charge in [-0.05, 0) is 28.2 Å². The quantitative estimate of drug-likeness (QED) is 0.823. The first-order valence-electron chi connectivity index (χ1n) is 9.19. The van der Waals surface area contributed by atoms with Gasteiger partial charge in [0.1, 0.15) is 6.61 Å². The minimum absolute atomic E-state index is 0.00766. The van der Waals surface area contributed by atoms with Crippen molar-refractivity contribution in [1.82, 2.24) is 4.90 Å². The number of ether oxygens (including phenoxy) is 1. The highest BCUT2D eigenvalue weighted by molar-refractivity contribution is 5.79. The van der Waals surface area contributed by atoms with Gasteiger partial charge in [0.25, 0.3) is 0 Å². The van der Waals surface area contributed by atoms with E-state index in [1.54, 1.807) is 7.05 Å². The lowest BCUT2D eigenvalue weighted by molar-refractivity contribution is -0.138. The molecule has 5 nitrogen and oxygen atoms in total. The monoisotopic (exact) mass is 367 g/mol. The van der Waals surface area contributed by atoms with Gasteiger partial charge in [-0.15, -0.1) is 0 Å². The first-order valence-corrected chi connectivity index (χ1v) is 9.19. The highest BCUT2D eigenvalue weighted by Gasteiger charge is 2.31. The van der Waals surface area contributed by atoms with Gasteiger partial charge in [0.2, 0.25) is 0 Å². The molecule has 0 fully saturated rings. The number of nitrogens with zero attached hydrogens (tertiary/aromatic N) is 1. The molecule has 0 bridgehead atoms. The molecule has 1 atom stereocenters. The van der Waals surface area contributed by atoms with Crippen molar-refractivity contribution in [3.8, 4) is 11.1 Å². The van der Waals surface area contributed by atoms with E-state index in [0.29, 0.717) is 0 Å². The van der Waals surface area contributed by atoms with Crippen molar-refractivity contribution in [3.63, 3.8) is 0 Å². The summed E-state index contributed by atoms with van der Waals surface area (Å²) in [4.78, 5) is 25.1. The second-order valence-corrected chi connectivity index (χ2v) is 7.32. The maximum absolute atomic E-state index is 12.6. The van der Waals surface area contributed by atoms with Crippen LogP contribution >= 0.6 is 0 Å². The van der Waals surface area contributed by atoms with Crippen LogP contribution in [0.1, 0.15) is 37.3 Å². The van der Waals surface area contributed by atoms with Crippen LogP contribution in [0.2, 0.25) is 0 Å². The summed E-state index contributed by atoms with van der Waals surface area (Å²) in [6, 6.07) is 15.9. The van der Waals surface area contributed by atoms with E-state index in [1.165, 1.54) is 16.0 Å². The summed E-state index contributed by atoms with van der Waals surface area (Å²) in [7, 11) is 1.60. The van der Waals surface area contributed by atoms with E-state index in [2.05, 4.69) is 24.3 Å². The Bertz CT molecular complexity index is 800. The maximum atomic E-state index is 12.6. The smallest absolute Gasteiger partial charge is 0.409 e. The van der Waals surface area contributed by atoms with Crippen LogP contribution in [-0.4, -0.2) is 41.8 Å². The number of rotatable bonds is 6. The van der Waals surface area contributed by atoms with Gasteiger partial charge in [-0.3, -0.25) is 4.79 Å². The minimum atomic E-state index is -0.924. The van der Waals surface area contributed by atoms with Crippen molar-refractivity contribution in [2.75, 3.05) is 13.7 Å². The van der Waals surface area contributed by atoms with Gasteiger partial charge in [0, 0.05) is 19.0 Å². The standard InChI is InChI=1S/C22H25NO4/c1-14(2)20(12-21(24)25)23(3)22(26)27-13-19-17-10-6-4-8-15(17)16-9-5-7-11-18(16)19/h4-11,14,19-20H,12-13H2,1-3H3,(H,24,25). The van der Waals surface area contributed by atoms with Crippen molar-refractivity contribution < 1.29 is 19.4 Å². The molecule has 0 saturated heterocycles. The number of benzene rings is 2. The van der Waals surface area contributed by atoms with E-state index in [0.717, 1.165) is 11.1 Å². The average molecular weight is 367 g/mol. The highest BCUT2D eigenvalue weighted by atomic mass is 16.6. The maximum Gasteiger partial charge on any atom is 0.409 e. The lowest BCUT2D eigenvalue weighted by atomic mass is 9.98. The van der Waals surface area contributed by atoms with E-state index >= 15 is 0 Å². The summed E-state index contributed by atoms with van der Waals surface area (Å²) in [5.41, 5.74) is 4.65. The third-order valence-corrected chi connectivity index (χ3v) is 5.27. The molecule has 1 unspecified atom stereocenters. The zero-order valence-electron chi connectivity index (χ0n) is 15.9. The molecule has 2 aromatic carbocycles. The molecule has 5 heteroatoms. The molecule has 0 heterocycles. The van der Waals surface area contributed by atoms with Crippen LogP contribution in [0.3, 0.4) is 0 Å². The first kappa shape index (κ1) is 19.0. The fourth-order valence-corrected chi connectivity index (χ4v) is 3.83. The molecule has 1 amide bonds. The molecule has 0 radical (unpaired) electrons. The van der Waals surface area contributed by atoms with Crippen molar-refractivity contribution in [1.29, 1.82) is 0 Å². The van der Waals surface area contributed by atoms with Crippen LogP contribution in [0.5, 0.6) is 0 Å². The van der Waals surface area contributed by atoms with Gasteiger partial charge in [-0.25, -0.2) is 4.79 Å². The summed E-state index contributed by atoms with van der Waals surface area (Å²) in [5.74, 6) is -0.912. The number of aliphatic carboxylic acids is 1. The third-order valence-electron chi connectivity index (χ3n) is 5.27. The first-order chi connectivity index (χ1) is 12.9. The van der Waals surface area contributed by atoms with Gasteiger partial charge >= 0.3 is 12.1 Å². The van der Waals surface area contributed by atoms with Gasteiger partial charge in [-0.1, -0.05) is 62.4 Å². The Hall–Kier alpha value is -2.82. The number of carbonyl (C=O) groups is 2. The zero-order chi connectivity index (χ0) is 19.6. The van der Waals surface area contributed by atoms with E-state index in [4.69, 9.17) is 9.84 Å². The van der Waals surface area contributed by atoms with E-state index in [9.17, 15) is 9.59 Å². The number of hydrogen-bond donors (Lipinski definition) is 1. The number of carbonyl (C=O) groups excluding carboxylic acids is 1. The Morgan fingerprint density at radius 2 is 1.56 bits per heavy atom. The molecule has 27 heavy (non-hydrogen) atoms. The SMILES string of the molecule is CC(C)C(CC(=O)O)N(C)C(=O)OCC1c2ccccc2-c2ccccc21. The van der Waals surface area contributed by atoms with Crippen molar-refractivity contribution in [2.24, 2.45) is 5.92 Å².